The molecule has 1 aliphatic heterocycles. The van der Waals surface area contributed by atoms with Gasteiger partial charge in [0, 0.05) is 49.7 Å². The molecule has 186 valence electrons. The second-order valence-corrected chi connectivity index (χ2v) is 8.45. The first-order chi connectivity index (χ1) is 16.7. The number of alkyl halides is 4. The van der Waals surface area contributed by atoms with E-state index in [1.54, 1.807) is 42.2 Å². The fraction of sp³-hybridized carbons (Fsp3) is 0.360. The fourth-order valence-electron chi connectivity index (χ4n) is 4.02. The van der Waals surface area contributed by atoms with E-state index < -0.39 is 23.8 Å². The number of rotatable bonds is 7. The molecule has 1 aliphatic rings. The number of nitrogens with one attached hydrogen (secondary N) is 1. The molecule has 0 radical (unpaired) electrons. The van der Waals surface area contributed by atoms with Gasteiger partial charge in [-0.3, -0.25) is 14.4 Å². The molecule has 0 unspecified atom stereocenters. The maximum atomic E-state index is 13.4. The summed E-state index contributed by atoms with van der Waals surface area (Å²) in [5.41, 5.74) is 0.836. The van der Waals surface area contributed by atoms with E-state index in [0.29, 0.717) is 56.1 Å². The van der Waals surface area contributed by atoms with Crippen LogP contribution in [0.4, 0.5) is 23.2 Å². The SMILES string of the molecule is Cn1nccc1-c1cc(NC(=O)c2cccc(C(F)(F)F)c2)ccc1OCCN1CCC(F)CC1. The highest BCUT2D eigenvalue weighted by atomic mass is 19.4. The first-order valence-electron chi connectivity index (χ1n) is 11.3. The van der Waals surface area contributed by atoms with Gasteiger partial charge in [0.25, 0.3) is 5.91 Å². The standard InChI is InChI=1S/C25H26F4N4O2/c1-32-22(7-10-30-32)21-16-20(31-24(34)17-3-2-4-18(15-17)25(27,28)29)5-6-23(21)35-14-13-33-11-8-19(26)9-12-33/h2-7,10,15-16,19H,8-9,11-14H2,1H3,(H,31,34). The smallest absolute Gasteiger partial charge is 0.416 e. The molecule has 3 aromatic rings. The Labute approximate surface area is 200 Å². The van der Waals surface area contributed by atoms with E-state index in [9.17, 15) is 22.4 Å². The average molecular weight is 491 g/mol. The number of carbonyl (C=O) groups excluding carboxylic acids is 1. The number of benzene rings is 2. The zero-order valence-corrected chi connectivity index (χ0v) is 19.2. The molecule has 2 aromatic carbocycles. The minimum Gasteiger partial charge on any atom is -0.492 e. The molecule has 1 aromatic heterocycles. The van der Waals surface area contributed by atoms with Gasteiger partial charge in [-0.05, 0) is 55.3 Å². The van der Waals surface area contributed by atoms with Gasteiger partial charge in [-0.1, -0.05) is 6.07 Å². The number of carbonyl (C=O) groups is 1. The Balaban J connectivity index is 1.50. The van der Waals surface area contributed by atoms with Crippen LogP contribution < -0.4 is 10.1 Å². The van der Waals surface area contributed by atoms with Crippen molar-refractivity contribution >= 4 is 11.6 Å². The van der Waals surface area contributed by atoms with Crippen LogP contribution in [-0.4, -0.2) is 53.0 Å². The van der Waals surface area contributed by atoms with Gasteiger partial charge in [0.15, 0.2) is 0 Å². The molecule has 1 fully saturated rings. The van der Waals surface area contributed by atoms with Gasteiger partial charge in [0.05, 0.1) is 11.3 Å². The summed E-state index contributed by atoms with van der Waals surface area (Å²) >= 11 is 0. The van der Waals surface area contributed by atoms with Crippen LogP contribution >= 0.6 is 0 Å². The van der Waals surface area contributed by atoms with Crippen molar-refractivity contribution in [3.63, 3.8) is 0 Å². The summed E-state index contributed by atoms with van der Waals surface area (Å²) in [6, 6.07) is 11.1. The number of piperidine rings is 1. The van der Waals surface area contributed by atoms with Gasteiger partial charge in [-0.25, -0.2) is 4.39 Å². The Bertz CT molecular complexity index is 1170. The number of anilines is 1. The van der Waals surface area contributed by atoms with E-state index in [2.05, 4.69) is 15.3 Å². The topological polar surface area (TPSA) is 59.4 Å². The lowest BCUT2D eigenvalue weighted by Gasteiger charge is -2.28. The summed E-state index contributed by atoms with van der Waals surface area (Å²) in [5, 5.41) is 6.85. The first-order valence-corrected chi connectivity index (χ1v) is 11.3. The van der Waals surface area contributed by atoms with Crippen molar-refractivity contribution in [1.82, 2.24) is 14.7 Å². The van der Waals surface area contributed by atoms with Crippen molar-refractivity contribution < 1.29 is 27.1 Å². The van der Waals surface area contributed by atoms with Crippen LogP contribution in [0.5, 0.6) is 5.75 Å². The van der Waals surface area contributed by atoms with E-state index in [4.69, 9.17) is 4.74 Å². The number of aryl methyl sites for hydroxylation is 1. The quantitative estimate of drug-likeness (QED) is 0.465. The van der Waals surface area contributed by atoms with E-state index in [1.165, 1.54) is 12.1 Å². The lowest BCUT2D eigenvalue weighted by atomic mass is 10.1. The Morgan fingerprint density at radius 1 is 1.14 bits per heavy atom. The van der Waals surface area contributed by atoms with Gasteiger partial charge in [0.1, 0.15) is 18.5 Å². The molecular weight excluding hydrogens is 464 g/mol. The lowest BCUT2D eigenvalue weighted by molar-refractivity contribution is -0.137. The van der Waals surface area contributed by atoms with Gasteiger partial charge in [-0.15, -0.1) is 0 Å². The number of aromatic nitrogens is 2. The van der Waals surface area contributed by atoms with Crippen LogP contribution in [-0.2, 0) is 13.2 Å². The van der Waals surface area contributed by atoms with Crippen LogP contribution in [0.2, 0.25) is 0 Å². The predicted octanol–water partition coefficient (Wildman–Crippen LogP) is 5.17. The van der Waals surface area contributed by atoms with Gasteiger partial charge < -0.3 is 10.1 Å². The average Bonchev–Trinajstić information content (AvgIpc) is 3.26. The first kappa shape index (κ1) is 24.7. The molecule has 4 rings (SSSR count). The van der Waals surface area contributed by atoms with E-state index >= 15 is 0 Å². The Morgan fingerprint density at radius 2 is 1.91 bits per heavy atom. The zero-order valence-electron chi connectivity index (χ0n) is 19.2. The van der Waals surface area contributed by atoms with Gasteiger partial charge in [0.2, 0.25) is 0 Å². The van der Waals surface area contributed by atoms with Crippen LogP contribution in [0.15, 0.2) is 54.7 Å². The highest BCUT2D eigenvalue weighted by Crippen LogP contribution is 2.33. The highest BCUT2D eigenvalue weighted by Gasteiger charge is 2.31. The molecule has 1 amide bonds. The molecule has 0 saturated carbocycles. The number of amides is 1. The Kier molecular flexibility index (Phi) is 7.39. The molecular formula is C25H26F4N4O2. The van der Waals surface area contributed by atoms with Gasteiger partial charge in [-0.2, -0.15) is 18.3 Å². The summed E-state index contributed by atoms with van der Waals surface area (Å²) in [6.07, 6.45) is -2.58. The number of nitrogens with zero attached hydrogens (tertiary/aromatic N) is 3. The number of hydrogen-bond donors (Lipinski definition) is 1. The molecule has 10 heteroatoms. The second kappa shape index (κ2) is 10.5. The van der Waals surface area contributed by atoms with Gasteiger partial charge >= 0.3 is 6.18 Å². The van der Waals surface area contributed by atoms with Crippen LogP contribution in [0.25, 0.3) is 11.3 Å². The largest absolute Gasteiger partial charge is 0.492 e. The van der Waals surface area contributed by atoms with Crippen molar-refractivity contribution in [2.24, 2.45) is 7.05 Å². The Morgan fingerprint density at radius 3 is 2.60 bits per heavy atom. The van der Waals surface area contributed by atoms with Crippen molar-refractivity contribution in [1.29, 1.82) is 0 Å². The van der Waals surface area contributed by atoms with Crippen LogP contribution in [0.3, 0.4) is 0 Å². The highest BCUT2D eigenvalue weighted by molar-refractivity contribution is 6.04. The summed E-state index contributed by atoms with van der Waals surface area (Å²) in [6.45, 7) is 2.45. The molecule has 0 bridgehead atoms. The number of hydrogen-bond acceptors (Lipinski definition) is 4. The van der Waals surface area contributed by atoms with Crippen molar-refractivity contribution in [2.75, 3.05) is 31.6 Å². The summed E-state index contributed by atoms with van der Waals surface area (Å²) in [4.78, 5) is 14.8. The summed E-state index contributed by atoms with van der Waals surface area (Å²) in [5.74, 6) is -0.0805. The van der Waals surface area contributed by atoms with Crippen molar-refractivity contribution in [3.8, 4) is 17.0 Å². The number of ether oxygens (including phenoxy) is 1. The molecule has 2 heterocycles. The van der Waals surface area contributed by atoms with E-state index in [-0.39, 0.29) is 5.56 Å². The van der Waals surface area contributed by atoms with Crippen LogP contribution in [0, 0.1) is 0 Å². The molecule has 0 spiro atoms. The third kappa shape index (κ3) is 6.19. The van der Waals surface area contributed by atoms with Crippen LogP contribution in [0.1, 0.15) is 28.8 Å². The lowest BCUT2D eigenvalue weighted by Crippen LogP contribution is -2.37. The minimum atomic E-state index is -4.54. The minimum absolute atomic E-state index is 0.0979. The van der Waals surface area contributed by atoms with E-state index in [0.717, 1.165) is 17.8 Å². The second-order valence-electron chi connectivity index (χ2n) is 8.45. The molecule has 35 heavy (non-hydrogen) atoms. The number of likely N-dealkylation sites (tertiary alicyclic amines) is 1. The maximum absolute atomic E-state index is 13.4. The molecule has 0 aliphatic carbocycles. The number of halogens is 4. The zero-order chi connectivity index (χ0) is 25.0. The third-order valence-corrected chi connectivity index (χ3v) is 5.97. The normalized spacial score (nSPS) is 15.2. The Hall–Kier alpha value is -3.40. The van der Waals surface area contributed by atoms with E-state index in [1.807, 2.05) is 0 Å². The summed E-state index contributed by atoms with van der Waals surface area (Å²) < 4.78 is 60.1. The fourth-order valence-corrected chi connectivity index (χ4v) is 4.02. The molecule has 6 nitrogen and oxygen atoms in total. The molecule has 0 atom stereocenters. The maximum Gasteiger partial charge on any atom is 0.416 e. The molecule has 1 saturated heterocycles. The third-order valence-electron chi connectivity index (χ3n) is 5.97. The molecule has 1 N–H and O–H groups in total. The van der Waals surface area contributed by atoms with Crippen molar-refractivity contribution in [2.45, 2.75) is 25.2 Å². The summed E-state index contributed by atoms with van der Waals surface area (Å²) in [7, 11) is 1.77. The monoisotopic (exact) mass is 490 g/mol. The van der Waals surface area contributed by atoms with Crippen molar-refractivity contribution in [3.05, 3.63) is 65.9 Å². The predicted molar refractivity (Wildman–Crippen MR) is 124 cm³/mol.